The Morgan fingerprint density at radius 1 is 0.877 bits per heavy atom. The number of aromatic nitrogens is 3. The lowest BCUT2D eigenvalue weighted by Crippen LogP contribution is -2.59. The minimum absolute atomic E-state index is 0.0713. The number of rotatable bonds is 25. The molecule has 2 aliphatic heterocycles. The molecule has 8 rings (SSSR count). The summed E-state index contributed by atoms with van der Waals surface area (Å²) in [6, 6.07) is 12.1. The van der Waals surface area contributed by atoms with Crippen LogP contribution in [0.25, 0.3) is 21.1 Å². The second-order valence-corrected chi connectivity index (χ2v) is 20.2. The lowest BCUT2D eigenvalue weighted by Gasteiger charge is -2.39. The number of piperazine rings is 1. The summed E-state index contributed by atoms with van der Waals surface area (Å²) >= 11 is 8.59. The monoisotopic (exact) mass is 1050 g/mol. The predicted octanol–water partition coefficient (Wildman–Crippen LogP) is 5.48. The number of ether oxygens (including phenoxy) is 5. The molecule has 21 heteroatoms. The van der Waals surface area contributed by atoms with Gasteiger partial charge < -0.3 is 58.1 Å². The predicted molar refractivity (Wildman–Crippen MR) is 277 cm³/mol. The van der Waals surface area contributed by atoms with Gasteiger partial charge in [-0.3, -0.25) is 29.1 Å². The summed E-state index contributed by atoms with van der Waals surface area (Å²) in [7, 11) is 3.42. The first kappa shape index (κ1) is 53.9. The topological polar surface area (TPSA) is 195 Å². The summed E-state index contributed by atoms with van der Waals surface area (Å²) in [6.45, 7) is 8.13. The number of pyridine rings is 1. The van der Waals surface area contributed by atoms with Crippen molar-refractivity contribution in [2.24, 2.45) is 5.92 Å². The minimum Gasteiger partial charge on any atom is -0.489 e. The number of hydrogen-bond acceptors (Lipinski definition) is 15. The number of likely N-dealkylation sites (tertiary alicyclic amines) is 1. The molecule has 2 saturated heterocycles. The number of nitrogens with one attached hydrogen (secondary N) is 2. The second-order valence-electron chi connectivity index (χ2n) is 18.9. The van der Waals surface area contributed by atoms with E-state index in [0.717, 1.165) is 79.8 Å². The summed E-state index contributed by atoms with van der Waals surface area (Å²) in [5, 5.41) is 13.1. The number of halogens is 1. The molecule has 19 nitrogen and oxygen atoms in total. The first-order chi connectivity index (χ1) is 35.6. The fourth-order valence-electron chi connectivity index (χ4n) is 9.66. The Bertz CT molecular complexity index is 2590. The Hall–Kier alpha value is -5.35. The van der Waals surface area contributed by atoms with Crippen LogP contribution in [-0.2, 0) is 41.7 Å². The second kappa shape index (κ2) is 26.7. The molecular formula is C52H70ClN9O10S. The van der Waals surface area contributed by atoms with E-state index in [-0.39, 0.29) is 66.0 Å². The van der Waals surface area contributed by atoms with Crippen molar-refractivity contribution >= 4 is 67.7 Å². The molecule has 2 N–H and O–H groups in total. The fraction of sp³-hybridized carbons (Fsp3) is 0.577. The van der Waals surface area contributed by atoms with Gasteiger partial charge in [-0.05, 0) is 74.3 Å². The van der Waals surface area contributed by atoms with E-state index in [4.69, 9.17) is 39.8 Å². The molecule has 73 heavy (non-hydrogen) atoms. The van der Waals surface area contributed by atoms with E-state index in [1.165, 1.54) is 0 Å². The maximum atomic E-state index is 14.3. The van der Waals surface area contributed by atoms with Gasteiger partial charge in [-0.25, -0.2) is 0 Å². The number of fused-ring (bicyclic) bond motifs is 2. The lowest BCUT2D eigenvalue weighted by molar-refractivity contribution is -0.140. The number of hydrogen-bond donors (Lipinski definition) is 2. The maximum Gasteiger partial charge on any atom is 0.272 e. The SMILES string of the molecule is CN[C@@H](C)C(=O)NC(C(=O)N1CCN(C(=O)c2c(Cl)c3ccccc3n2CC(=O)N(C)CCOCCOCCOCCOc2cc(CN3CCC(Oc4ccnc5ccsc45)CC3)on2)CC1)C1CCCCC1. The average molecular weight is 1050 g/mol. The minimum atomic E-state index is -0.611. The average Bonchev–Trinajstić information content (AvgIpc) is 4.16. The van der Waals surface area contributed by atoms with E-state index in [9.17, 15) is 19.2 Å². The molecule has 1 unspecified atom stereocenters. The molecule has 6 heterocycles. The van der Waals surface area contributed by atoms with Crippen molar-refractivity contribution in [3.63, 3.8) is 0 Å². The normalized spacial score (nSPS) is 17.0. The quantitative estimate of drug-likeness (QED) is 0.0698. The van der Waals surface area contributed by atoms with Crippen molar-refractivity contribution in [2.75, 3.05) is 106 Å². The summed E-state index contributed by atoms with van der Waals surface area (Å²) in [5.74, 6) is 1.33. The van der Waals surface area contributed by atoms with E-state index >= 15 is 0 Å². The zero-order valence-corrected chi connectivity index (χ0v) is 43.8. The Balaban J connectivity index is 0.691. The Labute approximate surface area is 435 Å². The van der Waals surface area contributed by atoms with Gasteiger partial charge in [0.1, 0.15) is 36.7 Å². The van der Waals surface area contributed by atoms with Crippen LogP contribution in [0.3, 0.4) is 0 Å². The van der Waals surface area contributed by atoms with Crippen LogP contribution < -0.4 is 20.1 Å². The molecule has 3 aliphatic rings. The molecule has 3 fully saturated rings. The Kier molecular flexibility index (Phi) is 19.8. The molecule has 1 aliphatic carbocycles. The number of carbonyl (C=O) groups is 4. The molecule has 0 spiro atoms. The standard InChI is InChI=1S/C52H70ClN9O10S/c1-36(54-2)50(64)56-47(37-9-5-4-6-10-37)51(65)60-20-22-61(23-21-60)52(66)48-46(53)40-11-7-8-12-42(40)62(48)35-45(63)58(3)24-25-67-26-27-68-28-29-69-30-31-70-44-33-39(72-57-44)34-59-18-14-38(15-19-59)71-43-13-17-55-41-16-32-73-49(41)43/h7-8,11-13,16-17,32-33,36-38,47,54H,4-6,9-10,14-15,18-31,34-35H2,1-3H3,(H,56,64)/t36-,47?/m0/s1. The number of likely N-dealkylation sites (N-methyl/N-ethyl adjacent to an activating group) is 2. The summed E-state index contributed by atoms with van der Waals surface area (Å²) in [5.41, 5.74) is 1.88. The summed E-state index contributed by atoms with van der Waals surface area (Å²) < 4.78 is 37.5. The Morgan fingerprint density at radius 2 is 1.58 bits per heavy atom. The third-order valence-electron chi connectivity index (χ3n) is 14.1. The molecule has 1 saturated carbocycles. The summed E-state index contributed by atoms with van der Waals surface area (Å²) in [4.78, 5) is 66.6. The molecule has 4 aromatic heterocycles. The number of piperidine rings is 1. The molecule has 1 aromatic carbocycles. The van der Waals surface area contributed by atoms with Gasteiger partial charge in [-0.15, -0.1) is 11.3 Å². The van der Waals surface area contributed by atoms with Crippen LogP contribution >= 0.6 is 22.9 Å². The highest BCUT2D eigenvalue weighted by Gasteiger charge is 2.37. The van der Waals surface area contributed by atoms with Crippen molar-refractivity contribution in [3.05, 3.63) is 70.5 Å². The molecule has 5 aromatic rings. The van der Waals surface area contributed by atoms with E-state index in [1.807, 2.05) is 47.8 Å². The van der Waals surface area contributed by atoms with Crippen LogP contribution in [0, 0.1) is 5.92 Å². The Morgan fingerprint density at radius 3 is 2.32 bits per heavy atom. The first-order valence-corrected chi connectivity index (χ1v) is 26.9. The van der Waals surface area contributed by atoms with Crippen LogP contribution in [0.4, 0.5) is 0 Å². The van der Waals surface area contributed by atoms with Crippen LogP contribution in [0.2, 0.25) is 5.02 Å². The van der Waals surface area contributed by atoms with Crippen LogP contribution in [-0.4, -0.2) is 182 Å². The smallest absolute Gasteiger partial charge is 0.272 e. The number of thiophene rings is 1. The molecular weight excluding hydrogens is 978 g/mol. The molecule has 396 valence electrons. The van der Waals surface area contributed by atoms with E-state index in [0.29, 0.717) is 89.2 Å². The third-order valence-corrected chi connectivity index (χ3v) is 15.4. The van der Waals surface area contributed by atoms with Crippen molar-refractivity contribution in [3.8, 4) is 11.6 Å². The van der Waals surface area contributed by atoms with E-state index < -0.39 is 12.1 Å². The molecule has 2 atom stereocenters. The van der Waals surface area contributed by atoms with Gasteiger partial charge in [-0.2, -0.15) is 0 Å². The maximum absolute atomic E-state index is 14.3. The van der Waals surface area contributed by atoms with Gasteiger partial charge in [-0.1, -0.05) is 49.1 Å². The molecule has 4 amide bonds. The number of amides is 4. The third kappa shape index (κ3) is 14.3. The zero-order chi connectivity index (χ0) is 51.1. The van der Waals surface area contributed by atoms with Crippen molar-refractivity contribution in [1.82, 2.24) is 44.9 Å². The highest BCUT2D eigenvalue weighted by molar-refractivity contribution is 7.17. The lowest BCUT2D eigenvalue weighted by atomic mass is 9.83. The van der Waals surface area contributed by atoms with Gasteiger partial charge in [0, 0.05) is 70.5 Å². The van der Waals surface area contributed by atoms with Crippen LogP contribution in [0.1, 0.15) is 68.1 Å². The van der Waals surface area contributed by atoms with Crippen molar-refractivity contribution in [2.45, 2.75) is 83.1 Å². The summed E-state index contributed by atoms with van der Waals surface area (Å²) in [6.07, 6.45) is 8.79. The van der Waals surface area contributed by atoms with Gasteiger partial charge in [0.05, 0.1) is 73.0 Å². The highest BCUT2D eigenvalue weighted by Crippen LogP contribution is 2.34. The van der Waals surface area contributed by atoms with Gasteiger partial charge in [0.2, 0.25) is 17.7 Å². The largest absolute Gasteiger partial charge is 0.489 e. The number of nitrogens with zero attached hydrogens (tertiary/aromatic N) is 7. The van der Waals surface area contributed by atoms with E-state index in [2.05, 4.69) is 25.7 Å². The number of carbonyl (C=O) groups excluding carboxylic acids is 4. The van der Waals surface area contributed by atoms with Gasteiger partial charge in [0.25, 0.3) is 11.8 Å². The van der Waals surface area contributed by atoms with Crippen molar-refractivity contribution < 1.29 is 47.4 Å². The fourth-order valence-corrected chi connectivity index (χ4v) is 10.8. The molecule has 0 bridgehead atoms. The van der Waals surface area contributed by atoms with Crippen LogP contribution in [0.5, 0.6) is 11.6 Å². The number of benzene rings is 1. The first-order valence-electron chi connectivity index (χ1n) is 25.7. The van der Waals surface area contributed by atoms with Crippen LogP contribution in [0.15, 0.2) is 58.6 Å². The molecule has 0 radical (unpaired) electrons. The van der Waals surface area contributed by atoms with Gasteiger partial charge in [0.15, 0.2) is 5.76 Å². The van der Waals surface area contributed by atoms with Crippen molar-refractivity contribution in [1.29, 1.82) is 0 Å². The number of para-hydroxylation sites is 1. The zero-order valence-electron chi connectivity index (χ0n) is 42.3. The highest BCUT2D eigenvalue weighted by atomic mass is 35.5. The van der Waals surface area contributed by atoms with Gasteiger partial charge >= 0.3 is 0 Å². The van der Waals surface area contributed by atoms with E-state index in [1.54, 1.807) is 57.8 Å².